The molecule has 0 bridgehead atoms. The number of carbonyl (C=O) groups excluding carboxylic acids is 2. The highest BCUT2D eigenvalue weighted by Crippen LogP contribution is 2.39. The van der Waals surface area contributed by atoms with Crippen LogP contribution in [0.4, 0.5) is 0 Å². The number of rotatable bonds is 6. The average Bonchev–Trinajstić information content (AvgIpc) is 2.32. The Kier molecular flexibility index (Phi) is 6.19. The number of hydrogen-bond acceptors (Lipinski definition) is 3. The van der Waals surface area contributed by atoms with E-state index in [0.29, 0.717) is 11.9 Å². The fraction of sp³-hybridized carbons (Fsp3) is 0.765. The summed E-state index contributed by atoms with van der Waals surface area (Å²) in [5.74, 6) is 0.701. The Hall–Kier alpha value is -0.903. The average molecular weight is 313 g/mol. The minimum Gasteiger partial charge on any atom is -0.546 e. The molecule has 21 heavy (non-hydrogen) atoms. The van der Waals surface area contributed by atoms with E-state index in [1.54, 1.807) is 20.8 Å². The van der Waals surface area contributed by atoms with Gasteiger partial charge in [0.15, 0.2) is 5.78 Å². The van der Waals surface area contributed by atoms with Crippen LogP contribution in [0.25, 0.3) is 0 Å². The largest absolute Gasteiger partial charge is 0.546 e. The van der Waals surface area contributed by atoms with Crippen molar-refractivity contribution in [3.8, 4) is 0 Å². The molecule has 0 aromatic heterocycles. The van der Waals surface area contributed by atoms with Crippen LogP contribution in [-0.2, 0) is 14.0 Å². The fourth-order valence-corrected chi connectivity index (χ4v) is 2.95. The molecule has 0 N–H and O–H groups in total. The molecule has 0 spiro atoms. The number of allylic oxidation sites excluding steroid dienone is 2. The summed E-state index contributed by atoms with van der Waals surface area (Å²) >= 11 is 0. The topological polar surface area (TPSA) is 43.4 Å². The molecule has 0 rings (SSSR count). The molecule has 0 unspecified atom stereocenters. The van der Waals surface area contributed by atoms with E-state index in [-0.39, 0.29) is 16.7 Å². The van der Waals surface area contributed by atoms with E-state index in [9.17, 15) is 9.59 Å². The minimum atomic E-state index is -2.01. The smallest absolute Gasteiger partial charge is 0.250 e. The van der Waals surface area contributed by atoms with Crippen molar-refractivity contribution >= 4 is 20.4 Å². The van der Waals surface area contributed by atoms with Gasteiger partial charge in [0, 0.05) is 11.5 Å². The lowest BCUT2D eigenvalue weighted by atomic mass is 9.85. The molecule has 0 heterocycles. The highest BCUT2D eigenvalue weighted by molar-refractivity contribution is 6.74. The predicted molar refractivity (Wildman–Crippen MR) is 90.7 cm³/mol. The van der Waals surface area contributed by atoms with Crippen LogP contribution in [0.2, 0.25) is 18.1 Å². The molecular weight excluding hydrogens is 280 g/mol. The summed E-state index contributed by atoms with van der Waals surface area (Å²) in [4.78, 5) is 23.7. The molecule has 0 radical (unpaired) electrons. The zero-order valence-corrected chi connectivity index (χ0v) is 16.4. The van der Waals surface area contributed by atoms with Gasteiger partial charge in [-0.1, -0.05) is 34.6 Å². The summed E-state index contributed by atoms with van der Waals surface area (Å²) in [6, 6.07) is 0. The first-order valence-electron chi connectivity index (χ1n) is 7.58. The van der Waals surface area contributed by atoms with E-state index < -0.39 is 13.7 Å². The first-order chi connectivity index (χ1) is 9.17. The second kappa shape index (κ2) is 6.47. The van der Waals surface area contributed by atoms with E-state index in [0.717, 1.165) is 5.76 Å². The van der Waals surface area contributed by atoms with Gasteiger partial charge in [-0.15, -0.1) is 0 Å². The van der Waals surface area contributed by atoms with E-state index in [1.807, 2.05) is 13.8 Å². The fourth-order valence-electron chi connectivity index (χ4n) is 1.70. The van der Waals surface area contributed by atoms with E-state index in [4.69, 9.17) is 4.43 Å². The van der Waals surface area contributed by atoms with Crippen LogP contribution in [0.1, 0.15) is 55.4 Å². The second-order valence-electron chi connectivity index (χ2n) is 8.17. The maximum Gasteiger partial charge on any atom is 0.250 e. The molecule has 4 heteroatoms. The monoisotopic (exact) mass is 312 g/mol. The summed E-state index contributed by atoms with van der Waals surface area (Å²) in [6.45, 7) is 20.0. The number of carbonyl (C=O) groups is 2. The van der Waals surface area contributed by atoms with Crippen LogP contribution in [-0.4, -0.2) is 20.4 Å². The molecular formula is C17H32O3Si. The van der Waals surface area contributed by atoms with Crippen LogP contribution in [0.5, 0.6) is 0 Å². The summed E-state index contributed by atoms with van der Waals surface area (Å²) in [5.41, 5.74) is -0.423. The van der Waals surface area contributed by atoms with Gasteiger partial charge in [-0.2, -0.15) is 0 Å². The molecule has 0 saturated heterocycles. The summed E-state index contributed by atoms with van der Waals surface area (Å²) in [5, 5.41) is 0.0661. The Labute approximate surface area is 131 Å². The number of ketones is 1. The normalized spacial score (nSPS) is 14.8. The third-order valence-electron chi connectivity index (χ3n) is 4.29. The van der Waals surface area contributed by atoms with Gasteiger partial charge in [-0.25, -0.2) is 0 Å². The van der Waals surface area contributed by atoms with E-state index >= 15 is 0 Å². The van der Waals surface area contributed by atoms with Crippen molar-refractivity contribution < 1.29 is 14.0 Å². The molecule has 0 saturated carbocycles. The quantitative estimate of drug-likeness (QED) is 0.234. The molecule has 0 aliphatic rings. The van der Waals surface area contributed by atoms with Crippen molar-refractivity contribution in [1.29, 1.82) is 0 Å². The molecule has 122 valence electrons. The van der Waals surface area contributed by atoms with Crippen LogP contribution < -0.4 is 0 Å². The van der Waals surface area contributed by atoms with Gasteiger partial charge in [0.25, 0.3) is 0 Å². The second-order valence-corrected chi connectivity index (χ2v) is 12.9. The van der Waals surface area contributed by atoms with Gasteiger partial charge in [-0.05, 0) is 38.9 Å². The van der Waals surface area contributed by atoms with Gasteiger partial charge in [0.1, 0.15) is 6.29 Å². The Morgan fingerprint density at radius 1 is 1.10 bits per heavy atom. The highest BCUT2D eigenvalue weighted by atomic mass is 28.4. The van der Waals surface area contributed by atoms with Crippen molar-refractivity contribution in [2.24, 2.45) is 11.3 Å². The molecule has 3 nitrogen and oxygen atoms in total. The number of hydrogen-bond donors (Lipinski definition) is 0. The van der Waals surface area contributed by atoms with E-state index in [2.05, 4.69) is 33.9 Å². The zero-order chi connectivity index (χ0) is 17.2. The lowest BCUT2D eigenvalue weighted by Crippen LogP contribution is -2.41. The maximum atomic E-state index is 12.5. The number of Topliss-reactive ketones (excluding diaryl/α,β-unsaturated/α-hetero) is 1. The van der Waals surface area contributed by atoms with Crippen LogP contribution in [0, 0.1) is 11.3 Å². The van der Waals surface area contributed by atoms with Crippen molar-refractivity contribution in [3.05, 3.63) is 11.3 Å². The lowest BCUT2D eigenvalue weighted by molar-refractivity contribution is -0.129. The Balaban J connectivity index is 5.77. The van der Waals surface area contributed by atoms with Crippen molar-refractivity contribution in [3.63, 3.8) is 0 Å². The molecule has 0 atom stereocenters. The molecule has 0 aromatic carbocycles. The van der Waals surface area contributed by atoms with Gasteiger partial charge >= 0.3 is 0 Å². The van der Waals surface area contributed by atoms with Gasteiger partial charge in [-0.3, -0.25) is 4.79 Å². The summed E-state index contributed by atoms with van der Waals surface area (Å²) in [7, 11) is -2.01. The summed E-state index contributed by atoms with van der Waals surface area (Å²) < 4.78 is 6.37. The van der Waals surface area contributed by atoms with Gasteiger partial charge < -0.3 is 9.22 Å². The van der Waals surface area contributed by atoms with Crippen LogP contribution in [0.15, 0.2) is 11.3 Å². The molecule has 0 fully saturated rings. The highest BCUT2D eigenvalue weighted by Gasteiger charge is 2.41. The minimum absolute atomic E-state index is 0.0661. The molecule has 0 aliphatic carbocycles. The predicted octanol–water partition coefficient (Wildman–Crippen LogP) is 4.73. The Morgan fingerprint density at radius 2 is 1.52 bits per heavy atom. The summed E-state index contributed by atoms with van der Waals surface area (Å²) in [6.07, 6.45) is 0.711. The van der Waals surface area contributed by atoms with Gasteiger partial charge in [0.2, 0.25) is 8.32 Å². The molecule has 0 aliphatic heterocycles. The maximum absolute atomic E-state index is 12.5. The first-order valence-corrected chi connectivity index (χ1v) is 10.5. The standard InChI is InChI=1S/C17H32O3Si/c1-12(2)14(20-21(9,10)16(4,5)6)13(3)15(19)17(7,8)11-18/h11-12H,1-10H3. The number of aldehydes is 1. The third kappa shape index (κ3) is 4.80. The lowest BCUT2D eigenvalue weighted by Gasteiger charge is -2.39. The van der Waals surface area contributed by atoms with Crippen molar-refractivity contribution in [1.82, 2.24) is 0 Å². The molecule has 0 aromatic rings. The van der Waals surface area contributed by atoms with Crippen molar-refractivity contribution in [2.45, 2.75) is 73.5 Å². The molecule has 0 amide bonds. The van der Waals surface area contributed by atoms with Crippen LogP contribution >= 0.6 is 0 Å². The first kappa shape index (κ1) is 20.1. The Bertz CT molecular complexity index is 437. The van der Waals surface area contributed by atoms with Crippen LogP contribution in [0.3, 0.4) is 0 Å². The zero-order valence-electron chi connectivity index (χ0n) is 15.4. The van der Waals surface area contributed by atoms with E-state index in [1.165, 1.54) is 0 Å². The third-order valence-corrected chi connectivity index (χ3v) is 8.63. The van der Waals surface area contributed by atoms with Crippen molar-refractivity contribution in [2.75, 3.05) is 0 Å². The van der Waals surface area contributed by atoms with Gasteiger partial charge in [0.05, 0.1) is 11.2 Å². The Morgan fingerprint density at radius 3 is 1.81 bits per heavy atom. The SMILES string of the molecule is CC(C(=O)C(C)(C)C=O)=C(O[Si](C)(C)C(C)(C)C)C(C)C.